The first kappa shape index (κ1) is 21.5. The van der Waals surface area contributed by atoms with Crippen molar-refractivity contribution in [2.45, 2.75) is 25.4 Å². The van der Waals surface area contributed by atoms with Gasteiger partial charge in [0.05, 0.1) is 18.2 Å². The average Bonchev–Trinajstić information content (AvgIpc) is 2.63. The molecule has 0 aliphatic carbocycles. The van der Waals surface area contributed by atoms with Crippen LogP contribution < -0.4 is 0 Å². The Morgan fingerprint density at radius 2 is 1.79 bits per heavy atom. The molecule has 1 aromatic rings. The van der Waals surface area contributed by atoms with Crippen LogP contribution in [0.5, 0.6) is 0 Å². The third-order valence-corrected chi connectivity index (χ3v) is 4.66. The van der Waals surface area contributed by atoms with E-state index >= 15 is 0 Å². The quantitative estimate of drug-likeness (QED) is 0.732. The second-order valence-electron chi connectivity index (χ2n) is 6.64. The molecule has 0 fully saturated rings. The summed E-state index contributed by atoms with van der Waals surface area (Å²) in [6.45, 7) is 1.28. The number of benzene rings is 1. The van der Waals surface area contributed by atoms with E-state index in [4.69, 9.17) is 4.74 Å². The smallest absolute Gasteiger partial charge is 0.416 e. The Morgan fingerprint density at radius 1 is 1.21 bits per heavy atom. The van der Waals surface area contributed by atoms with Crippen molar-refractivity contribution in [2.24, 2.45) is 0 Å². The van der Waals surface area contributed by atoms with E-state index in [2.05, 4.69) is 0 Å². The SMILES string of the molecule is COC(=O)C1=C(C)N(CC(=O)N(C)C)C(=O)CC1c1ccc(C(F)(F)F)cc1. The highest BCUT2D eigenvalue weighted by Gasteiger charge is 2.38. The first-order chi connectivity index (χ1) is 13.0. The van der Waals surface area contributed by atoms with Crippen LogP contribution in [0.2, 0.25) is 0 Å². The molecule has 2 rings (SSSR count). The van der Waals surface area contributed by atoms with Crippen LogP contribution in [0, 0.1) is 0 Å². The maximum absolute atomic E-state index is 12.8. The summed E-state index contributed by atoms with van der Waals surface area (Å²) in [5.41, 5.74) is -0.0341. The maximum Gasteiger partial charge on any atom is 0.416 e. The first-order valence-electron chi connectivity index (χ1n) is 8.44. The monoisotopic (exact) mass is 398 g/mol. The molecule has 9 heteroatoms. The van der Waals surface area contributed by atoms with Crippen molar-refractivity contribution in [1.82, 2.24) is 9.80 Å². The summed E-state index contributed by atoms with van der Waals surface area (Å²) in [4.78, 5) is 39.5. The Morgan fingerprint density at radius 3 is 2.25 bits per heavy atom. The molecule has 28 heavy (non-hydrogen) atoms. The van der Waals surface area contributed by atoms with E-state index in [0.29, 0.717) is 5.56 Å². The first-order valence-corrected chi connectivity index (χ1v) is 8.44. The molecule has 0 spiro atoms. The molecule has 0 N–H and O–H groups in total. The average molecular weight is 398 g/mol. The number of rotatable bonds is 4. The highest BCUT2D eigenvalue weighted by molar-refractivity contribution is 5.97. The Balaban J connectivity index is 2.47. The van der Waals surface area contributed by atoms with Gasteiger partial charge in [-0.25, -0.2) is 4.79 Å². The highest BCUT2D eigenvalue weighted by atomic mass is 19.4. The lowest BCUT2D eigenvalue weighted by Crippen LogP contribution is -2.43. The Kier molecular flexibility index (Phi) is 6.16. The third-order valence-electron chi connectivity index (χ3n) is 4.66. The molecule has 1 aliphatic heterocycles. The zero-order chi connectivity index (χ0) is 21.2. The molecular formula is C19H21F3N2O4. The lowest BCUT2D eigenvalue weighted by Gasteiger charge is -2.34. The lowest BCUT2D eigenvalue weighted by molar-refractivity contribution is -0.141. The summed E-state index contributed by atoms with van der Waals surface area (Å²) in [7, 11) is 4.27. The Bertz CT molecular complexity index is 813. The second kappa shape index (κ2) is 8.04. The number of amides is 2. The van der Waals surface area contributed by atoms with Crippen LogP contribution in [0.15, 0.2) is 35.5 Å². The molecule has 0 saturated heterocycles. The maximum atomic E-state index is 12.8. The van der Waals surface area contributed by atoms with Crippen LogP contribution in [-0.4, -0.2) is 55.3 Å². The number of halogens is 3. The minimum absolute atomic E-state index is 0.147. The van der Waals surface area contributed by atoms with Gasteiger partial charge in [-0.05, 0) is 24.6 Å². The van der Waals surface area contributed by atoms with Crippen LogP contribution in [0.1, 0.15) is 30.4 Å². The molecule has 2 amide bonds. The molecular weight excluding hydrogens is 377 g/mol. The minimum Gasteiger partial charge on any atom is -0.466 e. The molecule has 1 unspecified atom stereocenters. The lowest BCUT2D eigenvalue weighted by atomic mass is 9.83. The van der Waals surface area contributed by atoms with Gasteiger partial charge < -0.3 is 14.5 Å². The molecule has 6 nitrogen and oxygen atoms in total. The molecule has 152 valence electrons. The number of carbonyl (C=O) groups excluding carboxylic acids is 3. The van der Waals surface area contributed by atoms with Gasteiger partial charge in [0.1, 0.15) is 6.54 Å². The number of methoxy groups -OCH3 is 1. The number of hydrogen-bond donors (Lipinski definition) is 0. The summed E-state index contributed by atoms with van der Waals surface area (Å²) in [5.74, 6) is -2.18. The van der Waals surface area contributed by atoms with Crippen LogP contribution in [0.25, 0.3) is 0 Å². The van der Waals surface area contributed by atoms with Crippen molar-refractivity contribution < 1.29 is 32.3 Å². The van der Waals surface area contributed by atoms with Crippen LogP contribution in [0.3, 0.4) is 0 Å². The molecule has 1 heterocycles. The van der Waals surface area contributed by atoms with Crippen molar-refractivity contribution in [3.8, 4) is 0 Å². The summed E-state index contributed by atoms with van der Waals surface area (Å²) < 4.78 is 43.2. The summed E-state index contributed by atoms with van der Waals surface area (Å²) in [5, 5.41) is 0. The zero-order valence-electron chi connectivity index (χ0n) is 16.0. The van der Waals surface area contributed by atoms with Crippen molar-refractivity contribution >= 4 is 17.8 Å². The molecule has 1 aromatic carbocycles. The van der Waals surface area contributed by atoms with Crippen molar-refractivity contribution in [3.63, 3.8) is 0 Å². The van der Waals surface area contributed by atoms with Crippen LogP contribution >= 0.6 is 0 Å². The van der Waals surface area contributed by atoms with E-state index in [1.165, 1.54) is 36.0 Å². The number of hydrogen-bond acceptors (Lipinski definition) is 4. The van der Waals surface area contributed by atoms with Crippen LogP contribution in [0.4, 0.5) is 13.2 Å². The third kappa shape index (κ3) is 4.35. The summed E-state index contributed by atoms with van der Waals surface area (Å²) in [6.07, 6.45) is -4.64. The molecule has 1 atom stereocenters. The predicted octanol–water partition coefficient (Wildman–Crippen LogP) is 2.56. The Labute approximate surface area is 160 Å². The van der Waals surface area contributed by atoms with Gasteiger partial charge in [0.25, 0.3) is 0 Å². The van der Waals surface area contributed by atoms with Gasteiger partial charge in [0.2, 0.25) is 11.8 Å². The van der Waals surface area contributed by atoms with E-state index in [0.717, 1.165) is 12.1 Å². The van der Waals surface area contributed by atoms with Gasteiger partial charge >= 0.3 is 12.1 Å². The van der Waals surface area contributed by atoms with E-state index in [1.54, 1.807) is 14.1 Å². The van der Waals surface area contributed by atoms with Gasteiger partial charge in [0.15, 0.2) is 0 Å². The van der Waals surface area contributed by atoms with Crippen molar-refractivity contribution in [2.75, 3.05) is 27.7 Å². The number of allylic oxidation sites excluding steroid dienone is 1. The summed E-state index contributed by atoms with van der Waals surface area (Å²) >= 11 is 0. The van der Waals surface area contributed by atoms with Crippen molar-refractivity contribution in [3.05, 3.63) is 46.7 Å². The second-order valence-corrected chi connectivity index (χ2v) is 6.64. The topological polar surface area (TPSA) is 66.9 Å². The molecule has 0 saturated carbocycles. The van der Waals surface area contributed by atoms with E-state index in [-0.39, 0.29) is 30.1 Å². The highest BCUT2D eigenvalue weighted by Crippen LogP contribution is 2.38. The number of carbonyl (C=O) groups is 3. The van der Waals surface area contributed by atoms with Gasteiger partial charge in [-0.15, -0.1) is 0 Å². The predicted molar refractivity (Wildman–Crippen MR) is 93.9 cm³/mol. The fraction of sp³-hybridized carbons (Fsp3) is 0.421. The normalized spacial score (nSPS) is 17.6. The summed E-state index contributed by atoms with van der Waals surface area (Å²) in [6, 6.07) is 4.31. The van der Waals surface area contributed by atoms with E-state index in [9.17, 15) is 27.6 Å². The fourth-order valence-electron chi connectivity index (χ4n) is 3.04. The molecule has 0 aromatic heterocycles. The molecule has 1 aliphatic rings. The fourth-order valence-corrected chi connectivity index (χ4v) is 3.04. The minimum atomic E-state index is -4.48. The van der Waals surface area contributed by atoms with Gasteiger partial charge in [0, 0.05) is 32.1 Å². The number of nitrogens with zero attached hydrogens (tertiary/aromatic N) is 2. The molecule has 0 bridgehead atoms. The number of likely N-dealkylation sites (N-methyl/N-ethyl adjacent to an activating group) is 1. The van der Waals surface area contributed by atoms with E-state index < -0.39 is 29.5 Å². The van der Waals surface area contributed by atoms with Crippen LogP contribution in [-0.2, 0) is 25.3 Å². The number of ether oxygens (including phenoxy) is 1. The Hall–Kier alpha value is -2.84. The standard InChI is InChI=1S/C19H21F3N2O4/c1-11-17(18(27)28-4)14(9-15(25)24(11)10-16(26)23(2)3)12-5-7-13(8-6-12)19(20,21)22/h5-8,14H,9-10H2,1-4H3. The van der Waals surface area contributed by atoms with Crippen molar-refractivity contribution in [1.29, 1.82) is 0 Å². The van der Waals surface area contributed by atoms with Gasteiger partial charge in [-0.2, -0.15) is 13.2 Å². The number of esters is 1. The van der Waals surface area contributed by atoms with Gasteiger partial charge in [-0.3, -0.25) is 9.59 Å². The van der Waals surface area contributed by atoms with E-state index in [1.807, 2.05) is 0 Å². The molecule has 0 radical (unpaired) electrons. The number of alkyl halides is 3. The largest absolute Gasteiger partial charge is 0.466 e. The zero-order valence-corrected chi connectivity index (χ0v) is 16.0. The van der Waals surface area contributed by atoms with Gasteiger partial charge in [-0.1, -0.05) is 12.1 Å².